The average molecular weight is 248 g/mol. The van der Waals surface area contributed by atoms with Gasteiger partial charge in [0, 0.05) is 19.0 Å². The van der Waals surface area contributed by atoms with Crippen LogP contribution in [-0.4, -0.2) is 36.4 Å². The molecule has 1 fully saturated rings. The number of carbonyl (C=O) groups excluding carboxylic acids is 2. The highest BCUT2D eigenvalue weighted by molar-refractivity contribution is 5.98. The van der Waals surface area contributed by atoms with Crippen molar-refractivity contribution in [2.45, 2.75) is 18.9 Å². The van der Waals surface area contributed by atoms with Gasteiger partial charge < -0.3 is 10.5 Å². The van der Waals surface area contributed by atoms with Crippen LogP contribution in [0.2, 0.25) is 0 Å². The van der Waals surface area contributed by atoms with Crippen molar-refractivity contribution < 1.29 is 14.3 Å². The standard InChI is InChI=1S/C13H16N2O3/c1-18-11-4-2-3-9(5-11)6-12(16)15-8-10(14)7-13(15)17/h2-5,10H,6-8,14H2,1H3. The number of amides is 2. The maximum Gasteiger partial charge on any atom is 0.233 e. The average Bonchev–Trinajstić information content (AvgIpc) is 2.69. The van der Waals surface area contributed by atoms with Crippen LogP contribution in [0.3, 0.4) is 0 Å². The molecule has 1 aliphatic heterocycles. The summed E-state index contributed by atoms with van der Waals surface area (Å²) in [6, 6.07) is 7.02. The van der Waals surface area contributed by atoms with Crippen LogP contribution < -0.4 is 10.5 Å². The van der Waals surface area contributed by atoms with E-state index >= 15 is 0 Å². The van der Waals surface area contributed by atoms with Crippen LogP contribution >= 0.6 is 0 Å². The SMILES string of the molecule is COc1cccc(CC(=O)N2CC(N)CC2=O)c1. The Morgan fingerprint density at radius 1 is 1.56 bits per heavy atom. The lowest BCUT2D eigenvalue weighted by Gasteiger charge is -2.14. The third kappa shape index (κ3) is 2.68. The van der Waals surface area contributed by atoms with Gasteiger partial charge in [-0.1, -0.05) is 12.1 Å². The van der Waals surface area contributed by atoms with Gasteiger partial charge in [-0.05, 0) is 17.7 Å². The van der Waals surface area contributed by atoms with E-state index in [1.807, 2.05) is 18.2 Å². The van der Waals surface area contributed by atoms with Crippen molar-refractivity contribution in [3.63, 3.8) is 0 Å². The number of carbonyl (C=O) groups is 2. The summed E-state index contributed by atoms with van der Waals surface area (Å²) in [5.74, 6) is 0.307. The van der Waals surface area contributed by atoms with E-state index in [0.717, 1.165) is 5.56 Å². The lowest BCUT2D eigenvalue weighted by atomic mass is 10.1. The number of benzene rings is 1. The molecule has 0 bridgehead atoms. The highest BCUT2D eigenvalue weighted by Crippen LogP contribution is 2.16. The van der Waals surface area contributed by atoms with Gasteiger partial charge in [-0.15, -0.1) is 0 Å². The van der Waals surface area contributed by atoms with Gasteiger partial charge in [0.1, 0.15) is 5.75 Å². The summed E-state index contributed by atoms with van der Waals surface area (Å²) in [4.78, 5) is 24.8. The molecule has 0 aromatic heterocycles. The first-order valence-electron chi connectivity index (χ1n) is 5.82. The van der Waals surface area contributed by atoms with Crippen LogP contribution in [0, 0.1) is 0 Å². The van der Waals surface area contributed by atoms with Gasteiger partial charge in [0.15, 0.2) is 0 Å². The molecule has 0 spiro atoms. The number of imide groups is 1. The summed E-state index contributed by atoms with van der Waals surface area (Å²) in [6.45, 7) is 0.321. The summed E-state index contributed by atoms with van der Waals surface area (Å²) in [6.07, 6.45) is 0.444. The van der Waals surface area contributed by atoms with Crippen molar-refractivity contribution in [2.75, 3.05) is 13.7 Å². The largest absolute Gasteiger partial charge is 0.497 e. The maximum absolute atomic E-state index is 12.0. The molecule has 1 atom stereocenters. The summed E-state index contributed by atoms with van der Waals surface area (Å²) in [5.41, 5.74) is 6.48. The van der Waals surface area contributed by atoms with Gasteiger partial charge in [-0.2, -0.15) is 0 Å². The van der Waals surface area contributed by atoms with E-state index in [2.05, 4.69) is 0 Å². The van der Waals surface area contributed by atoms with Crippen molar-refractivity contribution in [2.24, 2.45) is 5.73 Å². The lowest BCUT2D eigenvalue weighted by molar-refractivity contribution is -0.141. The minimum absolute atomic E-state index is 0.185. The van der Waals surface area contributed by atoms with Gasteiger partial charge in [-0.25, -0.2) is 0 Å². The monoisotopic (exact) mass is 248 g/mol. The van der Waals surface area contributed by atoms with E-state index in [4.69, 9.17) is 10.5 Å². The third-order valence-corrected chi connectivity index (χ3v) is 2.95. The minimum atomic E-state index is -0.230. The second-order valence-electron chi connectivity index (χ2n) is 4.39. The number of hydrogen-bond acceptors (Lipinski definition) is 4. The third-order valence-electron chi connectivity index (χ3n) is 2.95. The summed E-state index contributed by atoms with van der Waals surface area (Å²) in [7, 11) is 1.57. The predicted octanol–water partition coefficient (Wildman–Crippen LogP) is 0.324. The first kappa shape index (κ1) is 12.6. The molecule has 96 valence electrons. The second kappa shape index (κ2) is 5.18. The maximum atomic E-state index is 12.0. The van der Waals surface area contributed by atoms with E-state index < -0.39 is 0 Å². The van der Waals surface area contributed by atoms with Crippen LogP contribution in [0.4, 0.5) is 0 Å². The van der Waals surface area contributed by atoms with Crippen molar-refractivity contribution in [1.82, 2.24) is 4.90 Å². The molecule has 1 aliphatic rings. The molecule has 1 saturated heterocycles. The van der Waals surface area contributed by atoms with E-state index in [9.17, 15) is 9.59 Å². The molecule has 2 rings (SSSR count). The van der Waals surface area contributed by atoms with Gasteiger partial charge in [0.25, 0.3) is 0 Å². The van der Waals surface area contributed by atoms with E-state index in [-0.39, 0.29) is 30.7 Å². The normalized spacial score (nSPS) is 19.1. The fourth-order valence-electron chi connectivity index (χ4n) is 2.03. The smallest absolute Gasteiger partial charge is 0.233 e. The van der Waals surface area contributed by atoms with Crippen LogP contribution in [0.15, 0.2) is 24.3 Å². The summed E-state index contributed by atoms with van der Waals surface area (Å²) < 4.78 is 5.09. The summed E-state index contributed by atoms with van der Waals surface area (Å²) >= 11 is 0. The highest BCUT2D eigenvalue weighted by Gasteiger charge is 2.31. The molecule has 2 amide bonds. The lowest BCUT2D eigenvalue weighted by Crippen LogP contribution is -2.35. The predicted molar refractivity (Wildman–Crippen MR) is 66.0 cm³/mol. The first-order chi connectivity index (χ1) is 8.60. The number of nitrogens with two attached hydrogens (primary N) is 1. The molecule has 0 aliphatic carbocycles. The van der Waals surface area contributed by atoms with Crippen LogP contribution in [0.25, 0.3) is 0 Å². The molecule has 18 heavy (non-hydrogen) atoms. The number of likely N-dealkylation sites (tertiary alicyclic amines) is 1. The molecule has 1 aromatic carbocycles. The quantitative estimate of drug-likeness (QED) is 0.836. The van der Waals surface area contributed by atoms with Gasteiger partial charge >= 0.3 is 0 Å². The number of nitrogens with zero attached hydrogens (tertiary/aromatic N) is 1. The zero-order chi connectivity index (χ0) is 13.1. The van der Waals surface area contributed by atoms with Crippen LogP contribution in [-0.2, 0) is 16.0 Å². The fourth-order valence-corrected chi connectivity index (χ4v) is 2.03. The van der Waals surface area contributed by atoms with E-state index in [0.29, 0.717) is 12.3 Å². The first-order valence-corrected chi connectivity index (χ1v) is 5.82. The number of methoxy groups -OCH3 is 1. The second-order valence-corrected chi connectivity index (χ2v) is 4.39. The number of rotatable bonds is 3. The van der Waals surface area contributed by atoms with Crippen molar-refractivity contribution in [3.8, 4) is 5.75 Å². The molecular weight excluding hydrogens is 232 g/mol. The Kier molecular flexibility index (Phi) is 3.62. The molecule has 5 nitrogen and oxygen atoms in total. The Balaban J connectivity index is 2.04. The Morgan fingerprint density at radius 2 is 2.33 bits per heavy atom. The zero-order valence-corrected chi connectivity index (χ0v) is 10.3. The Labute approximate surface area is 106 Å². The number of hydrogen-bond donors (Lipinski definition) is 1. The molecule has 0 saturated carbocycles. The Morgan fingerprint density at radius 3 is 2.94 bits per heavy atom. The topological polar surface area (TPSA) is 72.6 Å². The highest BCUT2D eigenvalue weighted by atomic mass is 16.5. The summed E-state index contributed by atoms with van der Waals surface area (Å²) in [5, 5.41) is 0. The molecule has 5 heteroatoms. The molecule has 1 heterocycles. The van der Waals surface area contributed by atoms with Crippen LogP contribution in [0.5, 0.6) is 5.75 Å². The fraction of sp³-hybridized carbons (Fsp3) is 0.385. The Hall–Kier alpha value is -1.88. The van der Waals surface area contributed by atoms with Crippen LogP contribution in [0.1, 0.15) is 12.0 Å². The van der Waals surface area contributed by atoms with Gasteiger partial charge in [0.2, 0.25) is 11.8 Å². The zero-order valence-electron chi connectivity index (χ0n) is 10.3. The Bertz CT molecular complexity index is 473. The van der Waals surface area contributed by atoms with Crippen molar-refractivity contribution >= 4 is 11.8 Å². The van der Waals surface area contributed by atoms with Crippen molar-refractivity contribution in [3.05, 3.63) is 29.8 Å². The molecule has 1 aromatic rings. The van der Waals surface area contributed by atoms with Gasteiger partial charge in [0.05, 0.1) is 13.5 Å². The molecule has 2 N–H and O–H groups in total. The molecular formula is C13H16N2O3. The number of ether oxygens (including phenoxy) is 1. The van der Waals surface area contributed by atoms with Gasteiger partial charge in [-0.3, -0.25) is 14.5 Å². The van der Waals surface area contributed by atoms with Crippen molar-refractivity contribution in [1.29, 1.82) is 0 Å². The molecule has 0 radical (unpaired) electrons. The van der Waals surface area contributed by atoms with E-state index in [1.165, 1.54) is 4.90 Å². The molecule has 1 unspecified atom stereocenters. The minimum Gasteiger partial charge on any atom is -0.497 e. The van der Waals surface area contributed by atoms with E-state index in [1.54, 1.807) is 13.2 Å².